The molecule has 0 aliphatic rings. The van der Waals surface area contributed by atoms with Gasteiger partial charge in [-0.25, -0.2) is 0 Å². The van der Waals surface area contributed by atoms with Crippen molar-refractivity contribution in [2.75, 3.05) is 0 Å². The van der Waals surface area contributed by atoms with Crippen LogP contribution in [0.15, 0.2) is 0 Å². The van der Waals surface area contributed by atoms with Crippen LogP contribution in [-0.2, 0) is 0 Å². The standard InChI is InChI=1S/B.3FH.H2O/h;3*1H;1H2/q+3;;;;/p-3. The molecule has 0 unspecified atom stereocenters. The fourth-order valence-electron chi connectivity index (χ4n) is 0. The number of halogens is 3. The van der Waals surface area contributed by atoms with Gasteiger partial charge in [-0.05, 0) is 0 Å². The van der Waals surface area contributed by atoms with E-state index in [1.54, 1.807) is 0 Å². The SMILES string of the molecule is O.[B+3].[F-].[F-].[F-]. The molecule has 0 rings (SSSR count). The van der Waals surface area contributed by atoms with Gasteiger partial charge >= 0.3 is 8.41 Å². The van der Waals surface area contributed by atoms with Crippen LogP contribution >= 0.6 is 0 Å². The van der Waals surface area contributed by atoms with Crippen molar-refractivity contribution in [3.8, 4) is 0 Å². The first kappa shape index (κ1) is 2050. The second-order valence-corrected chi connectivity index (χ2v) is 0. The van der Waals surface area contributed by atoms with Gasteiger partial charge in [-0.3, -0.25) is 0 Å². The fourth-order valence-corrected chi connectivity index (χ4v) is 0. The van der Waals surface area contributed by atoms with Gasteiger partial charge in [0.05, 0.1) is 0 Å². The summed E-state index contributed by atoms with van der Waals surface area (Å²) >= 11 is 0. The van der Waals surface area contributed by atoms with E-state index in [0.29, 0.717) is 0 Å². The molecule has 32 valence electrons. The Morgan fingerprint density at radius 1 is 0.600 bits per heavy atom. The zero-order chi connectivity index (χ0) is 0. The van der Waals surface area contributed by atoms with Crippen LogP contribution in [0.3, 0.4) is 0 Å². The van der Waals surface area contributed by atoms with E-state index in [4.69, 9.17) is 0 Å². The van der Waals surface area contributed by atoms with Crippen molar-refractivity contribution in [3.05, 3.63) is 0 Å². The maximum absolute atomic E-state index is 0. The summed E-state index contributed by atoms with van der Waals surface area (Å²) in [5, 5.41) is 0. The molecular weight excluding hydrogens is 83.8 g/mol. The average molecular weight is 85.8 g/mol. The van der Waals surface area contributed by atoms with Gasteiger partial charge in [0.25, 0.3) is 0 Å². The molecule has 0 saturated heterocycles. The third-order valence-electron chi connectivity index (χ3n) is 0. The van der Waals surface area contributed by atoms with Gasteiger partial charge in [0.2, 0.25) is 0 Å². The van der Waals surface area contributed by atoms with E-state index in [2.05, 4.69) is 0 Å². The quantitative estimate of drug-likeness (QED) is 0.262. The minimum Gasteiger partial charge on any atom is -1.00 e. The Bertz CT molecular complexity index is 6.85. The second kappa shape index (κ2) is 883. The zero-order valence-corrected chi connectivity index (χ0v) is 2.21. The van der Waals surface area contributed by atoms with Crippen molar-refractivity contribution in [1.29, 1.82) is 0 Å². The summed E-state index contributed by atoms with van der Waals surface area (Å²) in [6, 6.07) is 0. The summed E-state index contributed by atoms with van der Waals surface area (Å²) in [4.78, 5) is 0. The van der Waals surface area contributed by atoms with Crippen LogP contribution in [-0.4, -0.2) is 13.9 Å². The number of hydrogen-bond acceptors (Lipinski definition) is 0. The van der Waals surface area contributed by atoms with Crippen molar-refractivity contribution < 1.29 is 19.6 Å². The first-order valence-electron chi connectivity index (χ1n) is 0. The second-order valence-electron chi connectivity index (χ2n) is 0. The van der Waals surface area contributed by atoms with E-state index in [9.17, 15) is 0 Å². The van der Waals surface area contributed by atoms with Crippen LogP contribution in [0.25, 0.3) is 0 Å². The molecule has 5 heavy (non-hydrogen) atoms. The van der Waals surface area contributed by atoms with E-state index in [1.165, 1.54) is 0 Å². The molecule has 2 N–H and O–H groups in total. The van der Waals surface area contributed by atoms with Gasteiger partial charge in [-0.2, -0.15) is 0 Å². The van der Waals surface area contributed by atoms with Crippen molar-refractivity contribution in [2.45, 2.75) is 0 Å². The fraction of sp³-hybridized carbons (Fsp3) is 0. The topological polar surface area (TPSA) is 31.5 Å². The Labute approximate surface area is 29.4 Å². The number of rotatable bonds is 0. The van der Waals surface area contributed by atoms with Gasteiger partial charge in [-0.15, -0.1) is 0 Å². The third kappa shape index (κ3) is 367. The van der Waals surface area contributed by atoms with Crippen LogP contribution in [0, 0.1) is 0 Å². The van der Waals surface area contributed by atoms with Gasteiger partial charge in [0, 0.05) is 0 Å². The molecule has 1 nitrogen and oxygen atoms in total. The van der Waals surface area contributed by atoms with E-state index >= 15 is 0 Å². The van der Waals surface area contributed by atoms with Crippen LogP contribution < -0.4 is 14.1 Å². The van der Waals surface area contributed by atoms with Crippen molar-refractivity contribution in [3.63, 3.8) is 0 Å². The van der Waals surface area contributed by atoms with E-state index in [-0.39, 0.29) is 28.0 Å². The Kier molecular flexibility index (Phi) is 361000. The van der Waals surface area contributed by atoms with Gasteiger partial charge in [0.1, 0.15) is 0 Å². The molecule has 0 heterocycles. The Morgan fingerprint density at radius 2 is 0.600 bits per heavy atom. The van der Waals surface area contributed by atoms with E-state index < -0.39 is 0 Å². The van der Waals surface area contributed by atoms with Crippen molar-refractivity contribution in [2.24, 2.45) is 0 Å². The largest absolute Gasteiger partial charge is 3.00 e. The summed E-state index contributed by atoms with van der Waals surface area (Å²) in [5.74, 6) is 0. The molecular formula is H2BF3O. The van der Waals surface area contributed by atoms with Crippen molar-refractivity contribution >= 4 is 8.41 Å². The van der Waals surface area contributed by atoms with Crippen molar-refractivity contribution in [1.82, 2.24) is 0 Å². The molecule has 0 bridgehead atoms. The van der Waals surface area contributed by atoms with Crippen LogP contribution in [0.1, 0.15) is 0 Å². The molecule has 0 aliphatic heterocycles. The van der Waals surface area contributed by atoms with E-state index in [0.717, 1.165) is 0 Å². The van der Waals surface area contributed by atoms with Crippen LogP contribution in [0.4, 0.5) is 0 Å². The molecule has 0 atom stereocenters. The zero-order valence-electron chi connectivity index (χ0n) is 2.21. The molecule has 0 aromatic carbocycles. The molecule has 0 aliphatic carbocycles. The predicted octanol–water partition coefficient (Wildman–Crippen LogP) is -10.2. The molecule has 0 aromatic heterocycles. The third-order valence-corrected chi connectivity index (χ3v) is 0. The van der Waals surface area contributed by atoms with Gasteiger partial charge in [0.15, 0.2) is 0 Å². The molecule has 0 amide bonds. The Balaban J connectivity index is 0. The summed E-state index contributed by atoms with van der Waals surface area (Å²) in [5.41, 5.74) is 0. The minimum absolute atomic E-state index is 0. The maximum atomic E-state index is 0. The minimum atomic E-state index is 0. The van der Waals surface area contributed by atoms with Gasteiger partial charge < -0.3 is 19.6 Å². The predicted molar refractivity (Wildman–Crippen MR) is 9.37 cm³/mol. The molecule has 0 aromatic rings. The first-order chi connectivity index (χ1) is 0. The molecule has 0 saturated carbocycles. The Hall–Kier alpha value is -0.185. The summed E-state index contributed by atoms with van der Waals surface area (Å²) in [7, 11) is 0. The van der Waals surface area contributed by atoms with Crippen LogP contribution in [0.5, 0.6) is 0 Å². The molecule has 5 heteroatoms. The Morgan fingerprint density at radius 3 is 0.600 bits per heavy atom. The van der Waals surface area contributed by atoms with E-state index in [1.807, 2.05) is 0 Å². The van der Waals surface area contributed by atoms with Crippen LogP contribution in [0.2, 0.25) is 0 Å². The molecule has 0 fully saturated rings. The normalized spacial score (nSPS) is 0. The number of hydrogen-bond donors (Lipinski definition) is 0. The average Bonchev–Trinajstić information content (AvgIpc) is 0. The molecule has 0 radical (unpaired) electrons. The van der Waals surface area contributed by atoms with Gasteiger partial charge in [-0.1, -0.05) is 0 Å². The maximum Gasteiger partial charge on any atom is 3.00 e. The first-order valence-corrected chi connectivity index (χ1v) is 0. The molecule has 0 spiro atoms. The monoisotopic (exact) mass is 86.0 g/mol. The summed E-state index contributed by atoms with van der Waals surface area (Å²) in [6.45, 7) is 0. The smallest absolute Gasteiger partial charge is 1.00 e. The summed E-state index contributed by atoms with van der Waals surface area (Å²) in [6.07, 6.45) is 0. The summed E-state index contributed by atoms with van der Waals surface area (Å²) < 4.78 is 0.